The first kappa shape index (κ1) is 53.1. The molecule has 1 nitrogen and oxygen atoms in total. The van der Waals surface area contributed by atoms with Crippen LogP contribution >= 0.6 is 0 Å². The Bertz CT molecular complexity index is 24.7. The van der Waals surface area contributed by atoms with Crippen LogP contribution in [0, 0.1) is 0 Å². The fourth-order valence-corrected chi connectivity index (χ4v) is 0.204. The van der Waals surface area contributed by atoms with Gasteiger partial charge in [0.05, 0.1) is 8.41 Å². The van der Waals surface area contributed by atoms with E-state index in [4.69, 9.17) is 5.73 Å². The first-order valence-corrected chi connectivity index (χ1v) is 2.12. The van der Waals surface area contributed by atoms with Crippen molar-refractivity contribution in [3.63, 3.8) is 0 Å². The van der Waals surface area contributed by atoms with E-state index in [-0.39, 0.29) is 27.2 Å². The molecule has 70 valence electrons. The van der Waals surface area contributed by atoms with Crippen molar-refractivity contribution in [1.29, 1.82) is 0 Å². The Balaban J connectivity index is -0.00000000800. The quantitative estimate of drug-likeness (QED) is 0.460. The normalized spacial score (nSPS) is 4.20. The summed E-state index contributed by atoms with van der Waals surface area (Å²) < 4.78 is 0. The van der Waals surface area contributed by atoms with E-state index < -0.39 is 0 Å². The number of rotatable bonds is 2. The Morgan fingerprint density at radius 1 is 1.00 bits per heavy atom. The maximum absolute atomic E-state index is 5.14. The zero-order valence-corrected chi connectivity index (χ0v) is 5.33. The lowest BCUT2D eigenvalue weighted by Gasteiger charge is -1.80. The topological polar surface area (TPSA) is 26.0 Å². The molecule has 0 saturated heterocycles. The maximum atomic E-state index is 5.14. The van der Waals surface area contributed by atoms with Gasteiger partial charge in [0.15, 0.2) is 0 Å². The number of unbranched alkanes of at least 4 members (excludes halogenated alkanes) is 1. The molecule has 2 N–H and O–H groups in total. The van der Waals surface area contributed by atoms with Crippen molar-refractivity contribution in [3.05, 3.63) is 0 Å². The van der Waals surface area contributed by atoms with E-state index in [0.29, 0.717) is 0 Å². The third-order valence-corrected chi connectivity index (χ3v) is 0.558. The van der Waals surface area contributed by atoms with E-state index in [1.165, 1.54) is 12.8 Å². The molecule has 0 radical (unpaired) electrons. The molecule has 10 heavy (non-hydrogen) atoms. The van der Waals surface area contributed by atoms with Gasteiger partial charge in [-0.25, -0.2) is 0 Å². The summed E-state index contributed by atoms with van der Waals surface area (Å²) in [7, 11) is 0. The monoisotopic (exact) mass is 167 g/mol. The van der Waals surface area contributed by atoms with Crippen LogP contribution in [0.2, 0.25) is 0 Å². The van der Waals surface area contributed by atoms with E-state index >= 15 is 0 Å². The summed E-state index contributed by atoms with van der Waals surface area (Å²) >= 11 is 0. The Kier molecular flexibility index (Phi) is 370. The molecule has 0 saturated carbocycles. The molecule has 0 unspecified atom stereocenters. The summed E-state index contributed by atoms with van der Waals surface area (Å²) in [5, 5.41) is 0. The minimum Gasteiger partial charge on any atom is -0.330 e. The van der Waals surface area contributed by atoms with Crippen LogP contribution in [-0.4, -0.2) is 15.0 Å². The molecule has 0 amide bonds. The highest BCUT2D eigenvalue weighted by molar-refractivity contribution is 5.75. The fourth-order valence-electron chi connectivity index (χ4n) is 0.204. The van der Waals surface area contributed by atoms with Gasteiger partial charge in [-0.1, -0.05) is 13.3 Å². The van der Waals surface area contributed by atoms with Crippen molar-refractivity contribution < 1.29 is 18.8 Å². The van der Waals surface area contributed by atoms with Crippen LogP contribution in [-0.2, 0) is 0 Å². The highest BCUT2D eigenvalue weighted by Gasteiger charge is 1.67. The van der Waals surface area contributed by atoms with Crippen molar-refractivity contribution in [2.24, 2.45) is 5.73 Å². The molecular weight excluding hydrogens is 149 g/mol. The molecule has 0 aromatic heterocycles. The van der Waals surface area contributed by atoms with Crippen LogP contribution < -0.4 is 5.73 Å². The molecule has 0 heterocycles. The summed E-state index contributed by atoms with van der Waals surface area (Å²) in [6.07, 6.45) is 2.39. The van der Waals surface area contributed by atoms with Crippen LogP contribution in [0.15, 0.2) is 0 Å². The predicted molar refractivity (Wildman–Crippen MR) is 43.9 cm³/mol. The molecule has 0 aromatic rings. The summed E-state index contributed by atoms with van der Waals surface area (Å²) in [6, 6.07) is 0. The lowest BCUT2D eigenvalue weighted by Crippen LogP contribution is -1.95. The van der Waals surface area contributed by atoms with Gasteiger partial charge >= 0.3 is 0 Å². The van der Waals surface area contributed by atoms with Crippen LogP contribution in [0.3, 0.4) is 0 Å². The Hall–Kier alpha value is -0.255. The second kappa shape index (κ2) is 69.6. The molecule has 0 spiro atoms. The van der Waals surface area contributed by atoms with Gasteiger partial charge in [-0.05, 0) is 13.0 Å². The van der Waals surface area contributed by atoms with E-state index in [1.807, 2.05) is 0 Å². The van der Waals surface area contributed by atoms with E-state index in [9.17, 15) is 0 Å². The lowest BCUT2D eigenvalue weighted by molar-refractivity contribution is 0.807. The minimum atomic E-state index is 0. The second-order valence-corrected chi connectivity index (χ2v) is 1.14. The molecule has 0 atom stereocenters. The second-order valence-electron chi connectivity index (χ2n) is 1.14. The molecule has 0 fully saturated rings. The van der Waals surface area contributed by atoms with Gasteiger partial charge in [-0.15, -0.1) is 0 Å². The summed E-state index contributed by atoms with van der Waals surface area (Å²) in [5.74, 6) is 0. The highest BCUT2D eigenvalue weighted by atomic mass is 19.0. The van der Waals surface area contributed by atoms with E-state index in [2.05, 4.69) is 6.92 Å². The summed E-state index contributed by atoms with van der Waals surface area (Å²) in [6.45, 7) is 2.98. The number of hydrogen-bond donors (Lipinski definition) is 1. The van der Waals surface area contributed by atoms with Crippen molar-refractivity contribution in [1.82, 2.24) is 0 Å². The Labute approximate surface area is 60.4 Å². The van der Waals surface area contributed by atoms with Crippen LogP contribution in [0.1, 0.15) is 19.8 Å². The van der Waals surface area contributed by atoms with E-state index in [1.54, 1.807) is 0 Å². The molecule has 6 heteroatoms. The fraction of sp³-hybridized carbons (Fsp3) is 1.00. The smallest absolute Gasteiger partial charge is 0.0814 e. The zero-order valence-electron chi connectivity index (χ0n) is 5.33. The molecule has 0 aromatic carbocycles. The molecule has 0 rings (SSSR count). The average Bonchev–Trinajstić information content (AvgIpc) is 1.41. The first-order chi connectivity index (χ1) is 2.41. The van der Waals surface area contributed by atoms with Crippen LogP contribution in [0.4, 0.5) is 18.8 Å². The standard InChI is InChI=1S/C4H11N.BH3.4FH/c1-2-3-4-5;;;;;/h2-5H2,1H3;1H3;4*1H. The molecule has 0 aliphatic heterocycles. The van der Waals surface area contributed by atoms with Gasteiger partial charge in [-0.2, -0.15) is 0 Å². The van der Waals surface area contributed by atoms with Crippen LogP contribution in [0.25, 0.3) is 0 Å². The number of halogens is 4. The first-order valence-electron chi connectivity index (χ1n) is 2.12. The predicted octanol–water partition coefficient (Wildman–Crippen LogP) is 0.171. The Morgan fingerprint density at radius 2 is 1.30 bits per heavy atom. The largest absolute Gasteiger partial charge is 0.330 e. The molecule has 0 bridgehead atoms. The SMILES string of the molecule is B.CCCCN.F.F.F.F. The zero-order chi connectivity index (χ0) is 4.12. The number of hydrogen-bond acceptors (Lipinski definition) is 1. The van der Waals surface area contributed by atoms with Gasteiger partial charge in [0.25, 0.3) is 0 Å². The van der Waals surface area contributed by atoms with Crippen molar-refractivity contribution >= 4 is 8.41 Å². The summed E-state index contributed by atoms with van der Waals surface area (Å²) in [4.78, 5) is 0. The molecule has 0 aliphatic carbocycles. The Morgan fingerprint density at radius 3 is 1.30 bits per heavy atom. The average molecular weight is 167 g/mol. The molecule has 0 aliphatic rings. The van der Waals surface area contributed by atoms with Crippen molar-refractivity contribution in [3.8, 4) is 0 Å². The van der Waals surface area contributed by atoms with Gasteiger partial charge < -0.3 is 5.73 Å². The maximum Gasteiger partial charge on any atom is 0.0814 e. The van der Waals surface area contributed by atoms with Crippen molar-refractivity contribution in [2.75, 3.05) is 6.54 Å². The summed E-state index contributed by atoms with van der Waals surface area (Å²) in [5.41, 5.74) is 5.14. The van der Waals surface area contributed by atoms with Gasteiger partial charge in [-0.3, -0.25) is 18.8 Å². The number of nitrogens with two attached hydrogens (primary N) is 1. The van der Waals surface area contributed by atoms with Crippen molar-refractivity contribution in [2.45, 2.75) is 19.8 Å². The van der Waals surface area contributed by atoms with Gasteiger partial charge in [0, 0.05) is 0 Å². The van der Waals surface area contributed by atoms with Gasteiger partial charge in [0.2, 0.25) is 0 Å². The van der Waals surface area contributed by atoms with E-state index in [0.717, 1.165) is 6.54 Å². The third kappa shape index (κ3) is 116. The lowest BCUT2D eigenvalue weighted by atomic mass is 10.3. The molecular formula is C4H18BF4N. The van der Waals surface area contributed by atoms with Crippen LogP contribution in [0.5, 0.6) is 0 Å². The third-order valence-electron chi connectivity index (χ3n) is 0.558. The highest BCUT2D eigenvalue weighted by Crippen LogP contribution is 1.77. The van der Waals surface area contributed by atoms with Gasteiger partial charge in [0.1, 0.15) is 0 Å². The minimum absolute atomic E-state index is 0.